The number of carboxylic acids is 1. The minimum atomic E-state index is -1.13. The summed E-state index contributed by atoms with van der Waals surface area (Å²) in [4.78, 5) is 41.8. The van der Waals surface area contributed by atoms with Crippen LogP contribution < -0.4 is 10.6 Å². The van der Waals surface area contributed by atoms with Gasteiger partial charge in [-0.25, -0.2) is 4.79 Å². The predicted octanol–water partition coefficient (Wildman–Crippen LogP) is 3.67. The van der Waals surface area contributed by atoms with Crippen LogP contribution in [-0.2, 0) is 34.7 Å². The van der Waals surface area contributed by atoms with Gasteiger partial charge in [0.1, 0.15) is 0 Å². The van der Waals surface area contributed by atoms with Crippen LogP contribution in [0.2, 0.25) is 0 Å². The third kappa shape index (κ3) is 7.14. The highest BCUT2D eigenvalue weighted by atomic mass is 16.5. The van der Waals surface area contributed by atoms with E-state index in [2.05, 4.69) is 72.5 Å². The topological polar surface area (TPSA) is 122 Å². The van der Waals surface area contributed by atoms with Gasteiger partial charge in [-0.15, -0.1) is 0 Å². The fourth-order valence-corrected chi connectivity index (χ4v) is 4.36. The van der Waals surface area contributed by atoms with Crippen molar-refractivity contribution in [2.75, 3.05) is 12.4 Å². The van der Waals surface area contributed by atoms with Gasteiger partial charge in [0.25, 0.3) is 12.4 Å². The fourth-order valence-electron chi connectivity index (χ4n) is 4.36. The second kappa shape index (κ2) is 11.8. The Bertz CT molecular complexity index is 1130. The molecule has 184 valence electrons. The number of ether oxygens (including phenoxy) is 1. The molecular weight excluding hydrogens is 448 g/mol. The summed E-state index contributed by atoms with van der Waals surface area (Å²) in [6.45, 7) is 7.13. The molecule has 0 fully saturated rings. The van der Waals surface area contributed by atoms with Crippen LogP contribution in [-0.4, -0.2) is 36.4 Å². The van der Waals surface area contributed by atoms with Crippen LogP contribution in [0.15, 0.2) is 73.0 Å². The van der Waals surface area contributed by atoms with Crippen molar-refractivity contribution in [2.24, 2.45) is 0 Å². The Morgan fingerprint density at radius 2 is 1.54 bits per heavy atom. The number of hydrogen-bond donors (Lipinski definition) is 3. The van der Waals surface area contributed by atoms with Gasteiger partial charge in [-0.3, -0.25) is 14.4 Å². The maximum atomic E-state index is 11.7. The SMILES string of the molecule is CC1(C)CC(C)(c2ccc(NC(=O)/C=C\OC=O)cc2)c2ccccc21.CNC(=O)/C=C\C(=O)O. The minimum absolute atomic E-state index is 0.0552. The van der Waals surface area contributed by atoms with Gasteiger partial charge in [0, 0.05) is 36.4 Å². The van der Waals surface area contributed by atoms with Gasteiger partial charge in [0.05, 0.1) is 6.26 Å². The molecule has 0 heterocycles. The van der Waals surface area contributed by atoms with E-state index in [1.54, 1.807) is 0 Å². The predicted molar refractivity (Wildman–Crippen MR) is 133 cm³/mol. The Morgan fingerprint density at radius 1 is 0.914 bits per heavy atom. The van der Waals surface area contributed by atoms with Crippen molar-refractivity contribution in [1.82, 2.24) is 5.32 Å². The zero-order chi connectivity index (χ0) is 26.1. The molecule has 0 aromatic heterocycles. The van der Waals surface area contributed by atoms with Crippen molar-refractivity contribution in [3.8, 4) is 0 Å². The molecule has 1 unspecified atom stereocenters. The lowest BCUT2D eigenvalue weighted by molar-refractivity contribution is -0.131. The molecule has 0 saturated carbocycles. The average molecular weight is 479 g/mol. The Kier molecular flexibility index (Phi) is 9.11. The number of nitrogens with one attached hydrogen (secondary N) is 2. The molecule has 2 aromatic rings. The van der Waals surface area contributed by atoms with Crippen LogP contribution in [0.4, 0.5) is 5.69 Å². The Morgan fingerprint density at radius 3 is 2.11 bits per heavy atom. The molecule has 0 spiro atoms. The summed E-state index contributed by atoms with van der Waals surface area (Å²) >= 11 is 0. The van der Waals surface area contributed by atoms with E-state index >= 15 is 0 Å². The first-order chi connectivity index (χ1) is 16.5. The highest BCUT2D eigenvalue weighted by Crippen LogP contribution is 2.52. The van der Waals surface area contributed by atoms with Crippen molar-refractivity contribution >= 4 is 29.9 Å². The monoisotopic (exact) mass is 478 g/mol. The number of likely N-dealkylation sites (N-methyl/N-ethyl adjacent to an activating group) is 1. The minimum Gasteiger partial charge on any atom is -0.478 e. The zero-order valence-corrected chi connectivity index (χ0v) is 20.2. The van der Waals surface area contributed by atoms with Crippen LogP contribution in [0.25, 0.3) is 0 Å². The highest BCUT2D eigenvalue weighted by molar-refractivity contribution is 5.99. The molecule has 1 aliphatic carbocycles. The van der Waals surface area contributed by atoms with Gasteiger partial charge in [0.2, 0.25) is 5.91 Å². The van der Waals surface area contributed by atoms with Gasteiger partial charge in [-0.2, -0.15) is 0 Å². The van der Waals surface area contributed by atoms with Crippen LogP contribution >= 0.6 is 0 Å². The lowest BCUT2D eigenvalue weighted by Crippen LogP contribution is -2.23. The van der Waals surface area contributed by atoms with Crippen molar-refractivity contribution in [3.63, 3.8) is 0 Å². The number of carbonyl (C=O) groups excluding carboxylic acids is 3. The summed E-state index contributed by atoms with van der Waals surface area (Å²) in [6, 6.07) is 16.6. The number of benzene rings is 2. The van der Waals surface area contributed by atoms with Gasteiger partial charge in [-0.1, -0.05) is 57.2 Å². The summed E-state index contributed by atoms with van der Waals surface area (Å²) in [5.74, 6) is -1.89. The quantitative estimate of drug-likeness (QED) is 0.317. The number of anilines is 1. The molecule has 2 amide bonds. The van der Waals surface area contributed by atoms with Crippen molar-refractivity contribution in [1.29, 1.82) is 0 Å². The molecular formula is C27H30N2O6. The molecule has 1 atom stereocenters. The molecule has 3 rings (SSSR count). The first-order valence-corrected chi connectivity index (χ1v) is 10.9. The zero-order valence-electron chi connectivity index (χ0n) is 20.2. The van der Waals surface area contributed by atoms with E-state index in [0.717, 1.165) is 24.8 Å². The molecule has 0 aliphatic heterocycles. The molecule has 0 bridgehead atoms. The van der Waals surface area contributed by atoms with Crippen LogP contribution in [0.5, 0.6) is 0 Å². The summed E-state index contributed by atoms with van der Waals surface area (Å²) in [7, 11) is 1.43. The fraction of sp³-hybridized carbons (Fsp3) is 0.259. The second-order valence-corrected chi connectivity index (χ2v) is 8.83. The lowest BCUT2D eigenvalue weighted by atomic mass is 9.75. The maximum Gasteiger partial charge on any atom is 0.328 e. The van der Waals surface area contributed by atoms with E-state index < -0.39 is 11.9 Å². The first kappa shape index (κ1) is 27.0. The third-order valence-corrected chi connectivity index (χ3v) is 5.81. The first-order valence-electron chi connectivity index (χ1n) is 10.9. The standard InChI is InChI=1S/C22H23NO3.C5H7NO3/c1-21(2)14-22(3,19-7-5-4-6-18(19)21)16-8-10-17(11-9-16)23-20(25)12-13-26-15-24;1-6-4(7)2-3-5(8)9/h4-13,15H,14H2,1-3H3,(H,23,25);2-3H,1H3,(H,6,7)(H,8,9)/b13-12-;3-2-. The maximum absolute atomic E-state index is 11.7. The number of carbonyl (C=O) groups is 4. The van der Waals surface area contributed by atoms with Crippen molar-refractivity contribution in [2.45, 2.75) is 38.0 Å². The second-order valence-electron chi connectivity index (χ2n) is 8.83. The largest absolute Gasteiger partial charge is 0.478 e. The Labute approximate surface area is 204 Å². The van der Waals surface area contributed by atoms with Crippen LogP contribution in [0.1, 0.15) is 43.9 Å². The molecule has 35 heavy (non-hydrogen) atoms. The molecule has 3 N–H and O–H groups in total. The number of amides is 2. The highest BCUT2D eigenvalue weighted by Gasteiger charge is 2.45. The molecule has 0 saturated heterocycles. The number of fused-ring (bicyclic) bond motifs is 1. The lowest BCUT2D eigenvalue weighted by Gasteiger charge is -2.28. The molecule has 1 aliphatic rings. The summed E-state index contributed by atoms with van der Waals surface area (Å²) < 4.78 is 4.37. The molecule has 8 heteroatoms. The van der Waals surface area contributed by atoms with E-state index in [0.29, 0.717) is 5.69 Å². The number of rotatable bonds is 7. The number of carboxylic acid groups (broad SMARTS) is 1. The summed E-state index contributed by atoms with van der Waals surface area (Å²) in [5, 5.41) is 13.0. The van der Waals surface area contributed by atoms with E-state index in [9.17, 15) is 19.2 Å². The normalized spacial score (nSPS) is 17.7. The van der Waals surface area contributed by atoms with Gasteiger partial charge >= 0.3 is 5.97 Å². The summed E-state index contributed by atoms with van der Waals surface area (Å²) in [5.41, 5.74) is 4.77. The van der Waals surface area contributed by atoms with Crippen LogP contribution in [0.3, 0.4) is 0 Å². The average Bonchev–Trinajstić information content (AvgIpc) is 3.04. The third-order valence-electron chi connectivity index (χ3n) is 5.81. The number of aliphatic carboxylic acids is 1. The van der Waals surface area contributed by atoms with Crippen molar-refractivity contribution < 1.29 is 29.0 Å². The summed E-state index contributed by atoms with van der Waals surface area (Å²) in [6.07, 6.45) is 4.98. The van der Waals surface area contributed by atoms with E-state index in [1.165, 1.54) is 29.8 Å². The number of hydrogen-bond acceptors (Lipinski definition) is 5. The van der Waals surface area contributed by atoms with E-state index in [-0.39, 0.29) is 23.2 Å². The van der Waals surface area contributed by atoms with Gasteiger partial charge < -0.3 is 20.5 Å². The van der Waals surface area contributed by atoms with Gasteiger partial charge in [-0.05, 0) is 40.7 Å². The van der Waals surface area contributed by atoms with Crippen molar-refractivity contribution in [3.05, 3.63) is 89.7 Å². The molecule has 2 aromatic carbocycles. The van der Waals surface area contributed by atoms with E-state index in [4.69, 9.17) is 5.11 Å². The smallest absolute Gasteiger partial charge is 0.328 e. The Hall–Kier alpha value is -4.20. The Balaban J connectivity index is 0.000000410. The molecule has 0 radical (unpaired) electrons. The van der Waals surface area contributed by atoms with Gasteiger partial charge in [0.15, 0.2) is 0 Å². The molecule has 8 nitrogen and oxygen atoms in total. The van der Waals surface area contributed by atoms with Crippen LogP contribution in [0, 0.1) is 0 Å². The van der Waals surface area contributed by atoms with E-state index in [1.807, 2.05) is 12.1 Å².